The van der Waals surface area contributed by atoms with Crippen molar-refractivity contribution in [3.05, 3.63) is 0 Å². The molecule has 0 saturated carbocycles. The maximum Gasteiger partial charge on any atom is 0.0110 e. The fourth-order valence-electron chi connectivity index (χ4n) is 3.67. The molecular formula is C16H34N6. The molecule has 0 bridgehead atoms. The first kappa shape index (κ1) is 16.6. The second-order valence-corrected chi connectivity index (χ2v) is 6.87. The highest BCUT2D eigenvalue weighted by molar-refractivity contribution is 4.76. The summed E-state index contributed by atoms with van der Waals surface area (Å²) < 4.78 is 0. The fourth-order valence-corrected chi connectivity index (χ4v) is 3.67. The van der Waals surface area contributed by atoms with Crippen LogP contribution in [-0.4, -0.2) is 124 Å². The molecule has 3 fully saturated rings. The van der Waals surface area contributed by atoms with Gasteiger partial charge in [-0.15, -0.1) is 0 Å². The third kappa shape index (κ3) is 5.44. The molecule has 0 aliphatic carbocycles. The van der Waals surface area contributed by atoms with E-state index in [0.29, 0.717) is 0 Å². The van der Waals surface area contributed by atoms with E-state index in [1.54, 1.807) is 0 Å². The lowest BCUT2D eigenvalue weighted by Crippen LogP contribution is -2.52. The Morgan fingerprint density at radius 1 is 0.409 bits per heavy atom. The van der Waals surface area contributed by atoms with Gasteiger partial charge in [-0.1, -0.05) is 0 Å². The van der Waals surface area contributed by atoms with Crippen molar-refractivity contribution in [2.45, 2.75) is 0 Å². The highest BCUT2D eigenvalue weighted by atomic mass is 15.3. The average Bonchev–Trinajstić information content (AvgIpc) is 2.61. The second kappa shape index (κ2) is 9.15. The van der Waals surface area contributed by atoms with E-state index >= 15 is 0 Å². The Morgan fingerprint density at radius 3 is 1.00 bits per heavy atom. The number of piperazine rings is 3. The van der Waals surface area contributed by atoms with E-state index in [4.69, 9.17) is 0 Å². The molecule has 0 unspecified atom stereocenters. The van der Waals surface area contributed by atoms with Gasteiger partial charge < -0.3 is 10.6 Å². The first-order chi connectivity index (χ1) is 10.9. The lowest BCUT2D eigenvalue weighted by atomic mass is 10.3. The van der Waals surface area contributed by atoms with Crippen LogP contribution >= 0.6 is 0 Å². The maximum atomic E-state index is 3.43. The van der Waals surface area contributed by atoms with Gasteiger partial charge in [0.25, 0.3) is 0 Å². The van der Waals surface area contributed by atoms with Gasteiger partial charge in [-0.2, -0.15) is 0 Å². The van der Waals surface area contributed by atoms with Gasteiger partial charge in [0, 0.05) is 105 Å². The molecule has 3 heterocycles. The number of nitrogens with zero attached hydrogens (tertiary/aromatic N) is 4. The van der Waals surface area contributed by atoms with Crippen molar-refractivity contribution in [3.63, 3.8) is 0 Å². The minimum atomic E-state index is 1.17. The zero-order chi connectivity index (χ0) is 15.0. The average molecular weight is 310 g/mol. The third-order valence-corrected chi connectivity index (χ3v) is 5.35. The molecule has 0 aromatic heterocycles. The van der Waals surface area contributed by atoms with Crippen LogP contribution in [0.2, 0.25) is 0 Å². The van der Waals surface area contributed by atoms with Gasteiger partial charge in [0.2, 0.25) is 0 Å². The molecule has 3 saturated heterocycles. The summed E-state index contributed by atoms with van der Waals surface area (Å²) in [5.74, 6) is 0. The Balaban J connectivity index is 1.25. The summed E-state index contributed by atoms with van der Waals surface area (Å²) >= 11 is 0. The zero-order valence-electron chi connectivity index (χ0n) is 14.1. The Kier molecular flexibility index (Phi) is 6.91. The summed E-state index contributed by atoms with van der Waals surface area (Å²) in [6, 6.07) is 0. The van der Waals surface area contributed by atoms with Crippen LogP contribution in [0.5, 0.6) is 0 Å². The van der Waals surface area contributed by atoms with E-state index in [1.165, 1.54) is 105 Å². The Bertz CT molecular complexity index is 263. The zero-order valence-corrected chi connectivity index (χ0v) is 14.1. The van der Waals surface area contributed by atoms with Crippen LogP contribution < -0.4 is 10.6 Å². The second-order valence-electron chi connectivity index (χ2n) is 6.87. The molecule has 0 spiro atoms. The van der Waals surface area contributed by atoms with E-state index in [-0.39, 0.29) is 0 Å². The minimum absolute atomic E-state index is 1.17. The molecule has 6 nitrogen and oxygen atoms in total. The molecule has 2 N–H and O–H groups in total. The van der Waals surface area contributed by atoms with Crippen LogP contribution in [0.1, 0.15) is 0 Å². The maximum absolute atomic E-state index is 3.43. The predicted molar refractivity (Wildman–Crippen MR) is 91.5 cm³/mol. The SMILES string of the molecule is C1CN(CCN2CCN(CCN3CCNCC3)CC2)CCN1. The van der Waals surface area contributed by atoms with E-state index in [1.807, 2.05) is 0 Å². The lowest BCUT2D eigenvalue weighted by Gasteiger charge is -2.37. The van der Waals surface area contributed by atoms with Crippen molar-refractivity contribution in [2.75, 3.05) is 105 Å². The van der Waals surface area contributed by atoms with E-state index in [2.05, 4.69) is 30.2 Å². The smallest absolute Gasteiger partial charge is 0.0110 e. The molecule has 0 radical (unpaired) electrons. The van der Waals surface area contributed by atoms with Gasteiger partial charge in [0.15, 0.2) is 0 Å². The summed E-state index contributed by atoms with van der Waals surface area (Å²) in [5, 5.41) is 6.86. The van der Waals surface area contributed by atoms with Crippen LogP contribution in [0.3, 0.4) is 0 Å². The highest BCUT2D eigenvalue weighted by Gasteiger charge is 2.19. The van der Waals surface area contributed by atoms with Gasteiger partial charge in [0.1, 0.15) is 0 Å². The Morgan fingerprint density at radius 2 is 0.682 bits per heavy atom. The molecule has 128 valence electrons. The molecule has 0 aromatic carbocycles. The standard InChI is InChI=1S/C16H34N6/c1-5-19(6-2-17-1)9-11-21-13-15-22(16-14-21)12-10-20-7-3-18-4-8-20/h17-18H,1-16H2. The fraction of sp³-hybridized carbons (Fsp3) is 1.00. The van der Waals surface area contributed by atoms with E-state index in [0.717, 1.165) is 0 Å². The molecule has 6 heteroatoms. The van der Waals surface area contributed by atoms with Crippen LogP contribution in [-0.2, 0) is 0 Å². The summed E-state index contributed by atoms with van der Waals surface area (Å²) in [6.45, 7) is 19.6. The van der Waals surface area contributed by atoms with Crippen molar-refractivity contribution in [2.24, 2.45) is 0 Å². The van der Waals surface area contributed by atoms with Crippen LogP contribution in [0.15, 0.2) is 0 Å². The van der Waals surface area contributed by atoms with E-state index < -0.39 is 0 Å². The molecule has 3 aliphatic heterocycles. The van der Waals surface area contributed by atoms with Crippen molar-refractivity contribution in [3.8, 4) is 0 Å². The van der Waals surface area contributed by atoms with Crippen molar-refractivity contribution < 1.29 is 0 Å². The molecule has 3 rings (SSSR count). The van der Waals surface area contributed by atoms with Crippen LogP contribution in [0.4, 0.5) is 0 Å². The normalized spacial score (nSPS) is 27.3. The number of hydrogen-bond acceptors (Lipinski definition) is 6. The topological polar surface area (TPSA) is 37.0 Å². The highest BCUT2D eigenvalue weighted by Crippen LogP contribution is 2.03. The molecule has 0 amide bonds. The number of rotatable bonds is 6. The van der Waals surface area contributed by atoms with Gasteiger partial charge >= 0.3 is 0 Å². The first-order valence-corrected chi connectivity index (χ1v) is 9.21. The lowest BCUT2D eigenvalue weighted by molar-refractivity contribution is 0.104. The summed E-state index contributed by atoms with van der Waals surface area (Å²) in [5.41, 5.74) is 0. The first-order valence-electron chi connectivity index (χ1n) is 9.21. The molecule has 22 heavy (non-hydrogen) atoms. The van der Waals surface area contributed by atoms with Crippen molar-refractivity contribution >= 4 is 0 Å². The summed E-state index contributed by atoms with van der Waals surface area (Å²) in [7, 11) is 0. The number of hydrogen-bond donors (Lipinski definition) is 2. The van der Waals surface area contributed by atoms with Gasteiger partial charge in [-0.3, -0.25) is 19.6 Å². The third-order valence-electron chi connectivity index (χ3n) is 5.35. The van der Waals surface area contributed by atoms with Crippen molar-refractivity contribution in [1.29, 1.82) is 0 Å². The Labute approximate surface area is 135 Å². The van der Waals surface area contributed by atoms with Crippen LogP contribution in [0.25, 0.3) is 0 Å². The molecule has 0 aromatic rings. The monoisotopic (exact) mass is 310 g/mol. The van der Waals surface area contributed by atoms with E-state index in [9.17, 15) is 0 Å². The van der Waals surface area contributed by atoms with Gasteiger partial charge in [-0.05, 0) is 0 Å². The molecule has 3 aliphatic rings. The predicted octanol–water partition coefficient (Wildman–Crippen LogP) is -1.59. The number of nitrogens with one attached hydrogen (secondary N) is 2. The largest absolute Gasteiger partial charge is 0.314 e. The molecule has 0 atom stereocenters. The Hall–Kier alpha value is -0.240. The summed E-state index contributed by atoms with van der Waals surface area (Å²) in [6.07, 6.45) is 0. The van der Waals surface area contributed by atoms with Crippen molar-refractivity contribution in [1.82, 2.24) is 30.2 Å². The molecular weight excluding hydrogens is 276 g/mol. The summed E-state index contributed by atoms with van der Waals surface area (Å²) in [4.78, 5) is 10.5. The van der Waals surface area contributed by atoms with Crippen LogP contribution in [0, 0.1) is 0 Å². The quantitative estimate of drug-likeness (QED) is 0.616. The minimum Gasteiger partial charge on any atom is -0.314 e. The van der Waals surface area contributed by atoms with Gasteiger partial charge in [-0.25, -0.2) is 0 Å². The van der Waals surface area contributed by atoms with Gasteiger partial charge in [0.05, 0.1) is 0 Å².